The number of carbonyl (C=O) groups is 1. The fourth-order valence-corrected chi connectivity index (χ4v) is 4.20. The van der Waals surface area contributed by atoms with Crippen molar-refractivity contribution in [1.82, 2.24) is 19.8 Å². The summed E-state index contributed by atoms with van der Waals surface area (Å²) in [5, 5.41) is 3.16. The van der Waals surface area contributed by atoms with Gasteiger partial charge in [-0.05, 0) is 38.3 Å². The fourth-order valence-electron chi connectivity index (χ4n) is 4.20. The number of benzene rings is 2. The molecule has 0 fully saturated rings. The molecule has 1 N–H and O–H groups in total. The Morgan fingerprint density at radius 2 is 1.68 bits per heavy atom. The minimum absolute atomic E-state index is 0.0232. The molecular formula is C28H31N5O. The van der Waals surface area contributed by atoms with Gasteiger partial charge < -0.3 is 10.2 Å². The number of aliphatic imine (C=N–C) groups is 1. The summed E-state index contributed by atoms with van der Waals surface area (Å²) in [5.74, 6) is 0.624. The van der Waals surface area contributed by atoms with Crippen LogP contribution in [0.25, 0.3) is 0 Å². The van der Waals surface area contributed by atoms with Crippen LogP contribution in [-0.2, 0) is 4.79 Å². The third kappa shape index (κ3) is 5.01. The van der Waals surface area contributed by atoms with Gasteiger partial charge in [0.05, 0.1) is 0 Å². The molecule has 34 heavy (non-hydrogen) atoms. The topological polar surface area (TPSA) is 62.5 Å². The zero-order chi connectivity index (χ0) is 24.1. The SMILES string of the molecule is C=C1NC(n2ccnc2)=NC(C(=O)N(CCC(c2ccccc2)c2ccccc2)C(C)C)=C1C. The first-order valence-electron chi connectivity index (χ1n) is 11.6. The summed E-state index contributed by atoms with van der Waals surface area (Å²) in [6.07, 6.45) is 5.91. The van der Waals surface area contributed by atoms with Crippen LogP contribution in [0.5, 0.6) is 0 Å². The van der Waals surface area contributed by atoms with Gasteiger partial charge in [-0.1, -0.05) is 67.2 Å². The Hall–Kier alpha value is -3.93. The van der Waals surface area contributed by atoms with Gasteiger partial charge in [0, 0.05) is 42.2 Å². The summed E-state index contributed by atoms with van der Waals surface area (Å²) in [6.45, 7) is 10.7. The Morgan fingerprint density at radius 3 is 2.21 bits per heavy atom. The van der Waals surface area contributed by atoms with Gasteiger partial charge in [0.2, 0.25) is 5.96 Å². The second-order valence-electron chi connectivity index (χ2n) is 8.74. The van der Waals surface area contributed by atoms with Crippen LogP contribution in [0.2, 0.25) is 0 Å². The summed E-state index contributed by atoms with van der Waals surface area (Å²) in [7, 11) is 0. The molecule has 3 aromatic rings. The molecule has 0 aliphatic carbocycles. The van der Waals surface area contributed by atoms with Crippen molar-refractivity contribution >= 4 is 11.9 Å². The van der Waals surface area contributed by atoms with Crippen LogP contribution in [0.4, 0.5) is 0 Å². The van der Waals surface area contributed by atoms with Gasteiger partial charge in [0.1, 0.15) is 12.0 Å². The molecule has 2 aromatic carbocycles. The number of allylic oxidation sites excluding steroid dienone is 1. The van der Waals surface area contributed by atoms with Crippen molar-refractivity contribution in [1.29, 1.82) is 0 Å². The number of hydrogen-bond acceptors (Lipinski definition) is 4. The Morgan fingerprint density at radius 1 is 1.06 bits per heavy atom. The monoisotopic (exact) mass is 453 g/mol. The molecule has 1 amide bonds. The molecule has 6 nitrogen and oxygen atoms in total. The normalized spacial score (nSPS) is 13.8. The maximum Gasteiger partial charge on any atom is 0.273 e. The van der Waals surface area contributed by atoms with E-state index in [-0.39, 0.29) is 17.9 Å². The first kappa shape index (κ1) is 23.2. The summed E-state index contributed by atoms with van der Waals surface area (Å²) in [6, 6.07) is 21.0. The molecule has 0 saturated carbocycles. The van der Waals surface area contributed by atoms with Gasteiger partial charge in [0.25, 0.3) is 5.91 Å². The minimum atomic E-state index is -0.0901. The minimum Gasteiger partial charge on any atom is -0.335 e. The van der Waals surface area contributed by atoms with E-state index in [4.69, 9.17) is 0 Å². The average molecular weight is 454 g/mol. The lowest BCUT2D eigenvalue weighted by Gasteiger charge is -2.31. The molecule has 1 aliphatic rings. The van der Waals surface area contributed by atoms with Crippen LogP contribution in [0.1, 0.15) is 44.2 Å². The molecule has 0 radical (unpaired) electrons. The van der Waals surface area contributed by atoms with Crippen molar-refractivity contribution < 1.29 is 4.79 Å². The third-order valence-corrected chi connectivity index (χ3v) is 6.19. The number of hydrogen-bond donors (Lipinski definition) is 1. The van der Waals surface area contributed by atoms with Crippen molar-refractivity contribution in [3.63, 3.8) is 0 Å². The lowest BCUT2D eigenvalue weighted by atomic mass is 9.88. The van der Waals surface area contributed by atoms with Crippen molar-refractivity contribution in [3.05, 3.63) is 114 Å². The molecule has 2 heterocycles. The molecule has 174 valence electrons. The molecule has 4 rings (SSSR count). The van der Waals surface area contributed by atoms with Gasteiger partial charge in [-0.25, -0.2) is 9.98 Å². The van der Waals surface area contributed by atoms with Crippen LogP contribution in [0.15, 0.2) is 108 Å². The van der Waals surface area contributed by atoms with Crippen molar-refractivity contribution in [2.45, 2.75) is 39.2 Å². The van der Waals surface area contributed by atoms with E-state index in [0.717, 1.165) is 12.0 Å². The zero-order valence-corrected chi connectivity index (χ0v) is 20.0. The van der Waals surface area contributed by atoms with Crippen molar-refractivity contribution in [3.8, 4) is 0 Å². The van der Waals surface area contributed by atoms with Crippen LogP contribution in [0.3, 0.4) is 0 Å². The first-order chi connectivity index (χ1) is 16.5. The van der Waals surface area contributed by atoms with Gasteiger partial charge in [-0.3, -0.25) is 9.36 Å². The molecular weight excluding hydrogens is 422 g/mol. The standard InChI is InChI=1S/C28H31N5O/c1-20(2)33(17-15-25(23-11-7-5-8-12-23)24-13-9-6-10-14-24)27(34)26-21(3)22(4)30-28(31-26)32-18-16-29-19-32/h5-14,16,18-20,25H,4,15,17H2,1-3H3,(H,30,31). The van der Waals surface area contributed by atoms with E-state index in [1.54, 1.807) is 23.3 Å². The Bertz CT molecular complexity index is 1150. The van der Waals surface area contributed by atoms with Gasteiger partial charge in [0.15, 0.2) is 0 Å². The summed E-state index contributed by atoms with van der Waals surface area (Å²) in [4.78, 5) is 24.4. The molecule has 6 heteroatoms. The summed E-state index contributed by atoms with van der Waals surface area (Å²) < 4.78 is 1.74. The molecule has 0 spiro atoms. The largest absolute Gasteiger partial charge is 0.335 e. The number of nitrogens with zero attached hydrogens (tertiary/aromatic N) is 4. The van der Waals surface area contributed by atoms with Crippen LogP contribution < -0.4 is 5.32 Å². The van der Waals surface area contributed by atoms with E-state index in [9.17, 15) is 4.79 Å². The summed E-state index contributed by atoms with van der Waals surface area (Å²) in [5.41, 5.74) is 4.32. The Kier molecular flexibility index (Phi) is 7.07. The predicted molar refractivity (Wildman–Crippen MR) is 136 cm³/mol. The first-order valence-corrected chi connectivity index (χ1v) is 11.6. The van der Waals surface area contributed by atoms with Gasteiger partial charge in [-0.2, -0.15) is 0 Å². The predicted octanol–water partition coefficient (Wildman–Crippen LogP) is 4.94. The number of carbonyl (C=O) groups excluding carboxylic acids is 1. The number of amides is 1. The van der Waals surface area contributed by atoms with Crippen LogP contribution in [0, 0.1) is 0 Å². The number of rotatable bonds is 7. The van der Waals surface area contributed by atoms with E-state index < -0.39 is 0 Å². The average Bonchev–Trinajstić information content (AvgIpc) is 3.39. The quantitative estimate of drug-likeness (QED) is 0.551. The number of aromatic nitrogens is 2. The molecule has 1 aromatic heterocycles. The van der Waals surface area contributed by atoms with E-state index >= 15 is 0 Å². The highest BCUT2D eigenvalue weighted by molar-refractivity contribution is 6.00. The third-order valence-electron chi connectivity index (χ3n) is 6.19. The van der Waals surface area contributed by atoms with Gasteiger partial charge in [-0.15, -0.1) is 0 Å². The highest BCUT2D eigenvalue weighted by atomic mass is 16.2. The molecule has 0 bridgehead atoms. The second-order valence-corrected chi connectivity index (χ2v) is 8.74. The second kappa shape index (κ2) is 10.3. The number of nitrogens with one attached hydrogen (secondary N) is 1. The van der Waals surface area contributed by atoms with E-state index in [1.165, 1.54) is 11.1 Å². The van der Waals surface area contributed by atoms with E-state index in [2.05, 4.69) is 70.4 Å². The number of imidazole rings is 1. The Labute approximate surface area is 201 Å². The van der Waals surface area contributed by atoms with Crippen molar-refractivity contribution in [2.24, 2.45) is 4.99 Å². The zero-order valence-electron chi connectivity index (χ0n) is 20.0. The molecule has 0 atom stereocenters. The maximum absolute atomic E-state index is 13.8. The van der Waals surface area contributed by atoms with Gasteiger partial charge >= 0.3 is 0 Å². The Balaban J connectivity index is 1.61. The van der Waals surface area contributed by atoms with E-state index in [1.807, 2.05) is 37.8 Å². The van der Waals surface area contributed by atoms with Crippen LogP contribution >= 0.6 is 0 Å². The smallest absolute Gasteiger partial charge is 0.273 e. The maximum atomic E-state index is 13.8. The molecule has 0 unspecified atom stereocenters. The fraction of sp³-hybridized carbons (Fsp3) is 0.250. The highest BCUT2D eigenvalue weighted by Gasteiger charge is 2.28. The lowest BCUT2D eigenvalue weighted by Crippen LogP contribution is -2.41. The summed E-state index contributed by atoms with van der Waals surface area (Å²) >= 11 is 0. The highest BCUT2D eigenvalue weighted by Crippen LogP contribution is 2.29. The molecule has 0 saturated heterocycles. The van der Waals surface area contributed by atoms with Crippen molar-refractivity contribution in [2.75, 3.05) is 6.54 Å². The van der Waals surface area contributed by atoms with Crippen LogP contribution in [-0.4, -0.2) is 38.9 Å². The lowest BCUT2D eigenvalue weighted by molar-refractivity contribution is -0.129. The van der Waals surface area contributed by atoms with E-state index in [0.29, 0.717) is 23.9 Å². The molecule has 1 aliphatic heterocycles.